The molecule has 6 heteroatoms. The second-order valence-electron chi connectivity index (χ2n) is 3.20. The lowest BCUT2D eigenvalue weighted by atomic mass is 9.99. The van der Waals surface area contributed by atoms with Crippen LogP contribution in [0.4, 0.5) is 0 Å². The van der Waals surface area contributed by atoms with E-state index in [1.807, 2.05) is 0 Å². The highest BCUT2D eigenvalue weighted by Gasteiger charge is 2.43. The first-order valence-electron chi connectivity index (χ1n) is 4.33. The van der Waals surface area contributed by atoms with Gasteiger partial charge in [-0.2, -0.15) is 0 Å². The Morgan fingerprint density at radius 3 is 2.29 bits per heavy atom. The summed E-state index contributed by atoms with van der Waals surface area (Å²) in [5.41, 5.74) is 0. The van der Waals surface area contributed by atoms with Crippen LogP contribution in [0.1, 0.15) is 0 Å². The fourth-order valence-electron chi connectivity index (χ4n) is 1.51. The summed E-state index contributed by atoms with van der Waals surface area (Å²) in [7, 11) is 2.87. The van der Waals surface area contributed by atoms with E-state index >= 15 is 0 Å². The van der Waals surface area contributed by atoms with Crippen molar-refractivity contribution in [2.24, 2.45) is 0 Å². The van der Waals surface area contributed by atoms with E-state index in [-0.39, 0.29) is 6.61 Å². The number of aliphatic hydroxyl groups is 3. The third-order valence-electron chi connectivity index (χ3n) is 2.26. The topological polar surface area (TPSA) is 88.4 Å². The first-order chi connectivity index (χ1) is 6.61. The molecule has 0 radical (unpaired) electrons. The van der Waals surface area contributed by atoms with Crippen molar-refractivity contribution in [1.82, 2.24) is 0 Å². The van der Waals surface area contributed by atoms with Gasteiger partial charge in [0.25, 0.3) is 0 Å². The molecule has 1 heterocycles. The summed E-state index contributed by atoms with van der Waals surface area (Å²) < 4.78 is 14.8. The highest BCUT2D eigenvalue weighted by atomic mass is 16.7. The van der Waals surface area contributed by atoms with E-state index in [0.717, 1.165) is 0 Å². The standard InChI is InChI=1S/C8H16O6/c1-12-3-4-7(13-2)5(9)6(10)8(11)14-4/h4-11H,3H2,1-2H3/t4-,5-,6-,7+,8+/m1/s1. The molecule has 5 atom stereocenters. The van der Waals surface area contributed by atoms with E-state index in [1.165, 1.54) is 14.2 Å². The van der Waals surface area contributed by atoms with Crippen LogP contribution in [0.15, 0.2) is 0 Å². The van der Waals surface area contributed by atoms with Gasteiger partial charge in [-0.15, -0.1) is 0 Å². The molecular formula is C8H16O6. The molecule has 84 valence electrons. The molecule has 0 unspecified atom stereocenters. The molecule has 1 aliphatic heterocycles. The second-order valence-corrected chi connectivity index (χ2v) is 3.20. The monoisotopic (exact) mass is 208 g/mol. The lowest BCUT2D eigenvalue weighted by Crippen LogP contribution is -2.59. The number of methoxy groups -OCH3 is 2. The third kappa shape index (κ3) is 2.22. The Balaban J connectivity index is 2.66. The van der Waals surface area contributed by atoms with Crippen molar-refractivity contribution in [1.29, 1.82) is 0 Å². The molecule has 0 amide bonds. The summed E-state index contributed by atoms with van der Waals surface area (Å²) in [6.07, 6.45) is -5.22. The van der Waals surface area contributed by atoms with Crippen molar-refractivity contribution in [3.8, 4) is 0 Å². The Labute approximate surface area is 82.0 Å². The van der Waals surface area contributed by atoms with Gasteiger partial charge in [0.1, 0.15) is 24.4 Å². The van der Waals surface area contributed by atoms with Gasteiger partial charge >= 0.3 is 0 Å². The number of ether oxygens (including phenoxy) is 3. The van der Waals surface area contributed by atoms with Gasteiger partial charge < -0.3 is 29.5 Å². The maximum Gasteiger partial charge on any atom is 0.184 e. The summed E-state index contributed by atoms with van der Waals surface area (Å²) in [5, 5.41) is 28.0. The summed E-state index contributed by atoms with van der Waals surface area (Å²) in [6.45, 7) is 0.180. The molecule has 1 rings (SSSR count). The summed E-state index contributed by atoms with van der Waals surface area (Å²) in [5.74, 6) is 0. The number of hydrogen-bond donors (Lipinski definition) is 3. The minimum Gasteiger partial charge on any atom is -0.387 e. The molecule has 1 aliphatic rings. The van der Waals surface area contributed by atoms with Crippen LogP contribution < -0.4 is 0 Å². The number of rotatable bonds is 3. The van der Waals surface area contributed by atoms with Crippen molar-refractivity contribution in [2.75, 3.05) is 20.8 Å². The van der Waals surface area contributed by atoms with Crippen molar-refractivity contribution < 1.29 is 29.5 Å². The zero-order chi connectivity index (χ0) is 10.7. The number of hydrogen-bond acceptors (Lipinski definition) is 6. The molecule has 1 saturated heterocycles. The maximum absolute atomic E-state index is 9.53. The molecule has 0 aliphatic carbocycles. The average Bonchev–Trinajstić information content (AvgIpc) is 2.16. The molecule has 0 aromatic carbocycles. The minimum absolute atomic E-state index is 0.180. The van der Waals surface area contributed by atoms with Crippen LogP contribution in [0, 0.1) is 0 Å². The van der Waals surface area contributed by atoms with E-state index in [1.54, 1.807) is 0 Å². The predicted molar refractivity (Wildman–Crippen MR) is 45.6 cm³/mol. The Morgan fingerprint density at radius 1 is 1.14 bits per heavy atom. The lowest BCUT2D eigenvalue weighted by molar-refractivity contribution is -0.291. The zero-order valence-corrected chi connectivity index (χ0v) is 8.16. The van der Waals surface area contributed by atoms with Gasteiger partial charge in [0.15, 0.2) is 6.29 Å². The fraction of sp³-hybridized carbons (Fsp3) is 1.00. The molecule has 0 spiro atoms. The molecular weight excluding hydrogens is 192 g/mol. The Morgan fingerprint density at radius 2 is 1.79 bits per heavy atom. The maximum atomic E-state index is 9.53. The van der Waals surface area contributed by atoms with Crippen molar-refractivity contribution in [3.63, 3.8) is 0 Å². The molecule has 14 heavy (non-hydrogen) atoms. The third-order valence-corrected chi connectivity index (χ3v) is 2.26. The molecule has 6 nitrogen and oxygen atoms in total. The normalized spacial score (nSPS) is 43.9. The van der Waals surface area contributed by atoms with Crippen LogP contribution >= 0.6 is 0 Å². The van der Waals surface area contributed by atoms with Crippen LogP contribution in [0.2, 0.25) is 0 Å². The molecule has 0 bridgehead atoms. The molecule has 1 fully saturated rings. The first-order valence-corrected chi connectivity index (χ1v) is 4.33. The van der Waals surface area contributed by atoms with E-state index in [2.05, 4.69) is 0 Å². The molecule has 0 aromatic heterocycles. The van der Waals surface area contributed by atoms with Gasteiger partial charge in [-0.25, -0.2) is 0 Å². The SMILES string of the molecule is COC[C@H]1O[C@H](O)[C@H](O)[C@@H](O)[C@H]1OC. The van der Waals surface area contributed by atoms with E-state index in [9.17, 15) is 15.3 Å². The van der Waals surface area contributed by atoms with E-state index in [4.69, 9.17) is 14.2 Å². The van der Waals surface area contributed by atoms with Gasteiger partial charge in [0, 0.05) is 14.2 Å². The van der Waals surface area contributed by atoms with Crippen LogP contribution in [0.25, 0.3) is 0 Å². The van der Waals surface area contributed by atoms with Gasteiger partial charge in [0.05, 0.1) is 6.61 Å². The molecule has 3 N–H and O–H groups in total. The van der Waals surface area contributed by atoms with Gasteiger partial charge in [-0.3, -0.25) is 0 Å². The van der Waals surface area contributed by atoms with E-state index < -0.39 is 30.7 Å². The highest BCUT2D eigenvalue weighted by Crippen LogP contribution is 2.21. The van der Waals surface area contributed by atoms with Crippen molar-refractivity contribution in [2.45, 2.75) is 30.7 Å². The van der Waals surface area contributed by atoms with Crippen LogP contribution in [-0.4, -0.2) is 66.9 Å². The van der Waals surface area contributed by atoms with Gasteiger partial charge in [-0.05, 0) is 0 Å². The van der Waals surface area contributed by atoms with Gasteiger partial charge in [0.2, 0.25) is 0 Å². The number of aliphatic hydroxyl groups excluding tert-OH is 3. The highest BCUT2D eigenvalue weighted by molar-refractivity contribution is 4.89. The summed E-state index contributed by atoms with van der Waals surface area (Å²) >= 11 is 0. The van der Waals surface area contributed by atoms with Crippen LogP contribution in [-0.2, 0) is 14.2 Å². The Kier molecular flexibility index (Phi) is 4.24. The lowest BCUT2D eigenvalue weighted by Gasteiger charge is -2.39. The second kappa shape index (κ2) is 5.01. The van der Waals surface area contributed by atoms with Gasteiger partial charge in [-0.1, -0.05) is 0 Å². The van der Waals surface area contributed by atoms with Crippen LogP contribution in [0.3, 0.4) is 0 Å². The summed E-state index contributed by atoms with van der Waals surface area (Å²) in [4.78, 5) is 0. The minimum atomic E-state index is -1.41. The molecule has 0 aromatic rings. The molecule has 0 saturated carbocycles. The largest absolute Gasteiger partial charge is 0.387 e. The van der Waals surface area contributed by atoms with Crippen molar-refractivity contribution >= 4 is 0 Å². The Hall–Kier alpha value is -0.240. The average molecular weight is 208 g/mol. The smallest absolute Gasteiger partial charge is 0.184 e. The predicted octanol–water partition coefficient (Wildman–Crippen LogP) is -1.91. The first kappa shape index (κ1) is 11.8. The van der Waals surface area contributed by atoms with Crippen LogP contribution in [0.5, 0.6) is 0 Å². The van der Waals surface area contributed by atoms with E-state index in [0.29, 0.717) is 0 Å². The summed E-state index contributed by atoms with van der Waals surface area (Å²) in [6, 6.07) is 0. The Bertz CT molecular complexity index is 175. The quantitative estimate of drug-likeness (QED) is 0.501. The zero-order valence-electron chi connectivity index (χ0n) is 8.16. The fourth-order valence-corrected chi connectivity index (χ4v) is 1.51. The van der Waals surface area contributed by atoms with Crippen molar-refractivity contribution in [3.05, 3.63) is 0 Å².